The summed E-state index contributed by atoms with van der Waals surface area (Å²) in [5.41, 5.74) is 0.363. The van der Waals surface area contributed by atoms with Crippen LogP contribution in [-0.4, -0.2) is 76.4 Å². The zero-order valence-corrected chi connectivity index (χ0v) is 20.4. The summed E-state index contributed by atoms with van der Waals surface area (Å²) in [7, 11) is 0. The molecule has 0 bridgehead atoms. The van der Waals surface area contributed by atoms with E-state index in [0.717, 1.165) is 4.90 Å². The Labute approximate surface area is 207 Å². The number of piperazine rings is 1. The summed E-state index contributed by atoms with van der Waals surface area (Å²) in [4.78, 5) is 79.9. The zero-order valence-electron chi connectivity index (χ0n) is 20.4. The highest BCUT2D eigenvalue weighted by Gasteiger charge is 2.53. The van der Waals surface area contributed by atoms with Gasteiger partial charge >= 0.3 is 5.97 Å². The molecule has 0 saturated carbocycles. The molecule has 2 atom stereocenters. The number of nitrogens with zero attached hydrogens (tertiary/aromatic N) is 2. The fourth-order valence-corrected chi connectivity index (χ4v) is 4.72. The molecule has 0 radical (unpaired) electrons. The van der Waals surface area contributed by atoms with Crippen LogP contribution in [0.25, 0.3) is 0 Å². The maximum Gasteiger partial charge on any atom is 0.338 e. The zero-order chi connectivity index (χ0) is 26.3. The Hall–Kier alpha value is -4.08. The van der Waals surface area contributed by atoms with E-state index in [1.54, 1.807) is 44.2 Å². The first-order valence-corrected chi connectivity index (χ1v) is 11.6. The molecule has 36 heavy (non-hydrogen) atoms. The molecule has 1 aliphatic carbocycles. The number of esters is 1. The second-order valence-electron chi connectivity index (χ2n) is 9.12. The van der Waals surface area contributed by atoms with Gasteiger partial charge in [0, 0.05) is 30.1 Å². The van der Waals surface area contributed by atoms with Crippen LogP contribution in [0.5, 0.6) is 0 Å². The highest BCUT2D eigenvalue weighted by molar-refractivity contribution is 6.25. The fraction of sp³-hybridized carbons (Fsp3) is 0.385. The van der Waals surface area contributed by atoms with E-state index in [2.05, 4.69) is 0 Å². The second kappa shape index (κ2) is 9.52. The SMILES string of the molecule is CC(=O)N1CC(=O)N2[C@H](CC3=C(C(=O)C(C)=C(OC(C)C)C3=O)[C@H]2COC(=O)c2ccccc2)C1=O. The van der Waals surface area contributed by atoms with Crippen molar-refractivity contribution in [2.75, 3.05) is 13.2 Å². The summed E-state index contributed by atoms with van der Waals surface area (Å²) in [6, 6.07) is 5.77. The van der Waals surface area contributed by atoms with E-state index < -0.39 is 60.5 Å². The van der Waals surface area contributed by atoms with Gasteiger partial charge in [-0.05, 0) is 32.9 Å². The third kappa shape index (κ3) is 4.23. The molecular weight excluding hydrogens is 468 g/mol. The van der Waals surface area contributed by atoms with Gasteiger partial charge in [0.25, 0.3) is 5.91 Å². The minimum atomic E-state index is -1.20. The number of Topliss-reactive ketones (excluding diaryl/α,β-unsaturated/α-hetero) is 2. The number of fused-ring (bicyclic) bond motifs is 1. The van der Waals surface area contributed by atoms with Crippen molar-refractivity contribution in [2.24, 2.45) is 0 Å². The summed E-state index contributed by atoms with van der Waals surface area (Å²) in [5, 5.41) is 0. The number of carbonyl (C=O) groups excluding carboxylic acids is 6. The third-order valence-electron chi connectivity index (χ3n) is 6.38. The molecule has 3 amide bonds. The van der Waals surface area contributed by atoms with Crippen LogP contribution >= 0.6 is 0 Å². The lowest BCUT2D eigenvalue weighted by molar-refractivity contribution is -0.164. The number of imide groups is 1. The molecule has 2 aliphatic heterocycles. The van der Waals surface area contributed by atoms with E-state index in [1.165, 1.54) is 18.7 Å². The maximum atomic E-state index is 13.5. The second-order valence-corrected chi connectivity index (χ2v) is 9.12. The van der Waals surface area contributed by atoms with Crippen LogP contribution < -0.4 is 0 Å². The van der Waals surface area contributed by atoms with Gasteiger partial charge in [-0.2, -0.15) is 0 Å². The molecule has 1 saturated heterocycles. The molecule has 1 aromatic carbocycles. The molecule has 1 fully saturated rings. The smallest absolute Gasteiger partial charge is 0.338 e. The lowest BCUT2D eigenvalue weighted by Crippen LogP contribution is -2.67. The van der Waals surface area contributed by atoms with Gasteiger partial charge in [0.2, 0.25) is 17.6 Å². The Morgan fingerprint density at radius 3 is 2.33 bits per heavy atom. The number of hydrogen-bond acceptors (Lipinski definition) is 8. The van der Waals surface area contributed by atoms with Crippen LogP contribution in [-0.2, 0) is 33.4 Å². The molecule has 2 heterocycles. The van der Waals surface area contributed by atoms with E-state index in [4.69, 9.17) is 9.47 Å². The van der Waals surface area contributed by atoms with Gasteiger partial charge in [-0.3, -0.25) is 28.9 Å². The van der Waals surface area contributed by atoms with Gasteiger partial charge in [-0.15, -0.1) is 0 Å². The molecular formula is C26H26N2O8. The number of ether oxygens (including phenoxy) is 2. The molecule has 3 aliphatic rings. The van der Waals surface area contributed by atoms with Gasteiger partial charge in [0.15, 0.2) is 11.5 Å². The van der Waals surface area contributed by atoms with Crippen LogP contribution in [0.2, 0.25) is 0 Å². The number of ketones is 2. The van der Waals surface area contributed by atoms with E-state index in [-0.39, 0.29) is 40.6 Å². The topological polar surface area (TPSA) is 127 Å². The highest BCUT2D eigenvalue weighted by atomic mass is 16.5. The first-order chi connectivity index (χ1) is 17.0. The van der Waals surface area contributed by atoms with Crippen molar-refractivity contribution in [3.8, 4) is 0 Å². The third-order valence-corrected chi connectivity index (χ3v) is 6.38. The predicted molar refractivity (Wildman–Crippen MR) is 124 cm³/mol. The molecule has 0 N–H and O–H groups in total. The summed E-state index contributed by atoms with van der Waals surface area (Å²) >= 11 is 0. The minimum absolute atomic E-state index is 0.00291. The monoisotopic (exact) mass is 494 g/mol. The van der Waals surface area contributed by atoms with Crippen LogP contribution in [0, 0.1) is 0 Å². The molecule has 0 aromatic heterocycles. The molecule has 10 nitrogen and oxygen atoms in total. The van der Waals surface area contributed by atoms with Gasteiger partial charge in [0.05, 0.1) is 17.7 Å². The van der Waals surface area contributed by atoms with Crippen LogP contribution in [0.4, 0.5) is 0 Å². The number of allylic oxidation sites excluding steroid dienone is 2. The van der Waals surface area contributed by atoms with Crippen molar-refractivity contribution in [2.45, 2.75) is 52.3 Å². The van der Waals surface area contributed by atoms with Gasteiger partial charge in [0.1, 0.15) is 19.2 Å². The van der Waals surface area contributed by atoms with Crippen molar-refractivity contribution < 1.29 is 38.2 Å². The largest absolute Gasteiger partial charge is 0.486 e. The summed E-state index contributed by atoms with van der Waals surface area (Å²) in [6.45, 7) is 5.10. The highest BCUT2D eigenvalue weighted by Crippen LogP contribution is 2.39. The van der Waals surface area contributed by atoms with Crippen molar-refractivity contribution in [1.82, 2.24) is 9.80 Å². The minimum Gasteiger partial charge on any atom is -0.486 e. The van der Waals surface area contributed by atoms with Crippen LogP contribution in [0.1, 0.15) is 44.5 Å². The molecule has 188 valence electrons. The molecule has 1 aromatic rings. The van der Waals surface area contributed by atoms with Crippen LogP contribution in [0.3, 0.4) is 0 Å². The number of amides is 3. The standard InChI is InChI=1S/C26H26N2O8/c1-13(2)36-24-14(3)22(31)21-17(23(24)32)10-18-25(33)27(15(4)29)11-20(30)28(18)19(21)12-35-26(34)16-8-6-5-7-9-16/h5-9,13,18-19H,10-12H2,1-4H3/t18-,19-/m1/s1. The average molecular weight is 495 g/mol. The summed E-state index contributed by atoms with van der Waals surface area (Å²) in [6.07, 6.45) is -0.641. The van der Waals surface area contributed by atoms with Crippen molar-refractivity contribution >= 4 is 35.3 Å². The first-order valence-electron chi connectivity index (χ1n) is 11.6. The Morgan fingerprint density at radius 1 is 1.06 bits per heavy atom. The van der Waals surface area contributed by atoms with Crippen molar-refractivity contribution in [3.05, 3.63) is 58.4 Å². The fourth-order valence-electron chi connectivity index (χ4n) is 4.72. The van der Waals surface area contributed by atoms with Gasteiger partial charge in [-0.25, -0.2) is 4.79 Å². The predicted octanol–water partition coefficient (Wildman–Crippen LogP) is 1.35. The quantitative estimate of drug-likeness (QED) is 0.443. The van der Waals surface area contributed by atoms with E-state index in [9.17, 15) is 28.8 Å². The lowest BCUT2D eigenvalue weighted by atomic mass is 9.77. The summed E-state index contributed by atoms with van der Waals surface area (Å²) in [5.74, 6) is -3.74. The molecule has 0 unspecified atom stereocenters. The van der Waals surface area contributed by atoms with Gasteiger partial charge < -0.3 is 14.4 Å². The Kier molecular flexibility index (Phi) is 6.62. The lowest BCUT2D eigenvalue weighted by Gasteiger charge is -2.47. The number of carbonyl (C=O) groups is 6. The Balaban J connectivity index is 1.76. The summed E-state index contributed by atoms with van der Waals surface area (Å²) < 4.78 is 11.1. The molecule has 0 spiro atoms. The van der Waals surface area contributed by atoms with Gasteiger partial charge in [-0.1, -0.05) is 18.2 Å². The first kappa shape index (κ1) is 25.0. The number of benzene rings is 1. The number of rotatable bonds is 5. The van der Waals surface area contributed by atoms with E-state index >= 15 is 0 Å². The van der Waals surface area contributed by atoms with Crippen LogP contribution in [0.15, 0.2) is 52.8 Å². The Bertz CT molecular complexity index is 1240. The molecule has 10 heteroatoms. The molecule has 4 rings (SSSR count). The Morgan fingerprint density at radius 2 is 1.72 bits per heavy atom. The van der Waals surface area contributed by atoms with E-state index in [0.29, 0.717) is 0 Å². The van der Waals surface area contributed by atoms with Crippen molar-refractivity contribution in [1.29, 1.82) is 0 Å². The number of hydrogen-bond donors (Lipinski definition) is 0. The van der Waals surface area contributed by atoms with Crippen molar-refractivity contribution in [3.63, 3.8) is 0 Å². The normalized spacial score (nSPS) is 22.1. The van der Waals surface area contributed by atoms with E-state index in [1.807, 2.05) is 0 Å². The average Bonchev–Trinajstić information content (AvgIpc) is 2.85. The maximum absolute atomic E-state index is 13.5.